The van der Waals surface area contributed by atoms with Gasteiger partial charge in [-0.3, -0.25) is 4.99 Å². The average molecular weight is 468 g/mol. The van der Waals surface area contributed by atoms with Crippen LogP contribution in [0.25, 0.3) is 10.9 Å². The Labute approximate surface area is 172 Å². The number of aromatic nitrogens is 1. The Morgan fingerprint density at radius 2 is 2.19 bits per heavy atom. The van der Waals surface area contributed by atoms with Gasteiger partial charge in [-0.25, -0.2) is 0 Å². The van der Waals surface area contributed by atoms with Gasteiger partial charge in [-0.05, 0) is 37.8 Å². The van der Waals surface area contributed by atoms with Gasteiger partial charge < -0.3 is 19.9 Å². The summed E-state index contributed by atoms with van der Waals surface area (Å²) < 4.78 is 5.64. The number of aromatic amines is 1. The Balaban J connectivity index is 0.00000196. The van der Waals surface area contributed by atoms with E-state index >= 15 is 0 Å². The van der Waals surface area contributed by atoms with Crippen molar-refractivity contribution in [2.45, 2.75) is 26.2 Å². The van der Waals surface area contributed by atoms with Crippen LogP contribution in [0.1, 0.15) is 24.1 Å². The summed E-state index contributed by atoms with van der Waals surface area (Å²) in [5, 5.41) is 4.90. The molecule has 0 amide bonds. The van der Waals surface area contributed by atoms with E-state index in [1.807, 2.05) is 7.05 Å². The summed E-state index contributed by atoms with van der Waals surface area (Å²) in [6.07, 6.45) is 3.40. The van der Waals surface area contributed by atoms with Crippen molar-refractivity contribution >= 4 is 40.8 Å². The summed E-state index contributed by atoms with van der Waals surface area (Å²) in [6.45, 7) is 7.03. The van der Waals surface area contributed by atoms with E-state index in [0.29, 0.717) is 5.41 Å². The quantitative estimate of drug-likeness (QED) is 0.413. The average Bonchev–Trinajstić information content (AvgIpc) is 3.33. The van der Waals surface area contributed by atoms with Crippen LogP contribution in [0.3, 0.4) is 0 Å². The lowest BCUT2D eigenvalue weighted by Gasteiger charge is -2.25. The van der Waals surface area contributed by atoms with Gasteiger partial charge in [0.25, 0.3) is 0 Å². The summed E-state index contributed by atoms with van der Waals surface area (Å²) in [5.41, 5.74) is 4.26. The van der Waals surface area contributed by atoms with Crippen molar-refractivity contribution < 1.29 is 4.74 Å². The molecule has 5 nitrogen and oxygen atoms in total. The highest BCUT2D eigenvalue weighted by Crippen LogP contribution is 2.38. The van der Waals surface area contributed by atoms with E-state index in [1.54, 1.807) is 0 Å². The third-order valence-corrected chi connectivity index (χ3v) is 5.82. The number of nitrogens with one attached hydrogen (secondary N) is 2. The van der Waals surface area contributed by atoms with Crippen LogP contribution in [0.15, 0.2) is 29.3 Å². The van der Waals surface area contributed by atoms with Crippen molar-refractivity contribution in [1.29, 1.82) is 0 Å². The van der Waals surface area contributed by atoms with Gasteiger partial charge in [-0.1, -0.05) is 18.2 Å². The number of para-hydroxylation sites is 1. The molecule has 0 bridgehead atoms. The van der Waals surface area contributed by atoms with E-state index in [1.165, 1.54) is 35.0 Å². The maximum atomic E-state index is 5.64. The lowest BCUT2D eigenvalue weighted by molar-refractivity contribution is 0.156. The van der Waals surface area contributed by atoms with Gasteiger partial charge in [-0.2, -0.15) is 0 Å². The molecule has 1 atom stereocenters. The predicted octanol–water partition coefficient (Wildman–Crippen LogP) is 3.32. The van der Waals surface area contributed by atoms with Crippen LogP contribution in [-0.2, 0) is 11.2 Å². The summed E-state index contributed by atoms with van der Waals surface area (Å²) in [4.78, 5) is 10.4. The molecule has 0 aliphatic carbocycles. The van der Waals surface area contributed by atoms with Crippen molar-refractivity contribution in [3.05, 3.63) is 35.5 Å². The van der Waals surface area contributed by atoms with Gasteiger partial charge in [0.1, 0.15) is 0 Å². The fraction of sp³-hybridized carbons (Fsp3) is 0.550. The summed E-state index contributed by atoms with van der Waals surface area (Å²) in [6, 6.07) is 8.54. The van der Waals surface area contributed by atoms with Crippen molar-refractivity contribution in [3.8, 4) is 0 Å². The zero-order valence-electron chi connectivity index (χ0n) is 15.7. The SMILES string of the molecule is CN=C(NCCc1c(C)[nH]c2ccccc12)N1CCC2(CCOC2)C1.I. The first-order valence-electron chi connectivity index (χ1n) is 9.30. The molecule has 0 saturated carbocycles. The lowest BCUT2D eigenvalue weighted by atomic mass is 9.87. The highest BCUT2D eigenvalue weighted by atomic mass is 127. The van der Waals surface area contributed by atoms with Gasteiger partial charge in [0.15, 0.2) is 5.96 Å². The molecule has 2 aliphatic rings. The fourth-order valence-corrected chi connectivity index (χ4v) is 4.38. The normalized spacial score (nSPS) is 23.0. The van der Waals surface area contributed by atoms with Gasteiger partial charge in [-0.15, -0.1) is 24.0 Å². The van der Waals surface area contributed by atoms with Crippen molar-refractivity contribution in [2.24, 2.45) is 10.4 Å². The Hall–Kier alpha value is -1.28. The van der Waals surface area contributed by atoms with E-state index in [9.17, 15) is 0 Å². The molecule has 2 N–H and O–H groups in total. The molecule has 0 radical (unpaired) electrons. The van der Waals surface area contributed by atoms with Crippen LogP contribution in [0.2, 0.25) is 0 Å². The number of aryl methyl sites for hydroxylation is 1. The molecule has 1 unspecified atom stereocenters. The topological polar surface area (TPSA) is 52.7 Å². The van der Waals surface area contributed by atoms with Crippen LogP contribution in [-0.4, -0.2) is 55.7 Å². The number of ether oxygens (including phenoxy) is 1. The number of halogens is 1. The molecular weight excluding hydrogens is 439 g/mol. The zero-order chi connectivity index (χ0) is 17.3. The maximum absolute atomic E-state index is 5.64. The third kappa shape index (κ3) is 3.71. The number of likely N-dealkylation sites (tertiary alicyclic amines) is 1. The number of hydrogen-bond acceptors (Lipinski definition) is 2. The largest absolute Gasteiger partial charge is 0.381 e. The maximum Gasteiger partial charge on any atom is 0.193 e. The molecule has 2 aromatic rings. The van der Waals surface area contributed by atoms with E-state index in [0.717, 1.165) is 45.2 Å². The molecule has 142 valence electrons. The van der Waals surface area contributed by atoms with Gasteiger partial charge >= 0.3 is 0 Å². The smallest absolute Gasteiger partial charge is 0.193 e. The number of benzene rings is 1. The highest BCUT2D eigenvalue weighted by Gasteiger charge is 2.42. The molecule has 26 heavy (non-hydrogen) atoms. The van der Waals surface area contributed by atoms with Gasteiger partial charge in [0.05, 0.1) is 6.61 Å². The molecule has 3 heterocycles. The first-order chi connectivity index (χ1) is 12.2. The van der Waals surface area contributed by atoms with Crippen LogP contribution in [0.4, 0.5) is 0 Å². The van der Waals surface area contributed by atoms with Crippen LogP contribution < -0.4 is 5.32 Å². The molecule has 1 aromatic heterocycles. The number of nitrogens with zero attached hydrogens (tertiary/aromatic N) is 2. The standard InChI is InChI=1S/C20H28N4O.HI/c1-15-16(17-5-3-4-6-18(17)23-15)7-10-22-19(21-2)24-11-8-20(13-24)9-12-25-14-20;/h3-6,23H,7-14H2,1-2H3,(H,21,22);1H. The first-order valence-corrected chi connectivity index (χ1v) is 9.30. The lowest BCUT2D eigenvalue weighted by Crippen LogP contribution is -2.42. The number of rotatable bonds is 3. The Bertz CT molecular complexity index is 779. The summed E-state index contributed by atoms with van der Waals surface area (Å²) >= 11 is 0. The Morgan fingerprint density at radius 1 is 1.35 bits per heavy atom. The highest BCUT2D eigenvalue weighted by molar-refractivity contribution is 14.0. The van der Waals surface area contributed by atoms with Crippen LogP contribution in [0.5, 0.6) is 0 Å². The zero-order valence-corrected chi connectivity index (χ0v) is 18.0. The fourth-order valence-electron chi connectivity index (χ4n) is 4.38. The third-order valence-electron chi connectivity index (χ3n) is 5.82. The molecule has 1 spiro atoms. The predicted molar refractivity (Wildman–Crippen MR) is 118 cm³/mol. The molecule has 4 rings (SSSR count). The summed E-state index contributed by atoms with van der Waals surface area (Å²) in [7, 11) is 1.88. The molecule has 2 fully saturated rings. The van der Waals surface area contributed by atoms with Crippen molar-refractivity contribution in [2.75, 3.05) is 39.9 Å². The Kier molecular flexibility index (Phi) is 6.12. The molecular formula is C20H29IN4O. The van der Waals surface area contributed by atoms with Gasteiger partial charge in [0.2, 0.25) is 0 Å². The van der Waals surface area contributed by atoms with E-state index < -0.39 is 0 Å². The number of guanidine groups is 1. The number of aliphatic imine (C=N–C) groups is 1. The monoisotopic (exact) mass is 468 g/mol. The van der Waals surface area contributed by atoms with E-state index in [-0.39, 0.29) is 24.0 Å². The molecule has 1 aromatic carbocycles. The number of hydrogen-bond donors (Lipinski definition) is 2. The first kappa shape index (κ1) is 19.5. The minimum Gasteiger partial charge on any atom is -0.381 e. The van der Waals surface area contributed by atoms with Crippen molar-refractivity contribution in [1.82, 2.24) is 15.2 Å². The number of H-pyrrole nitrogens is 1. The molecule has 2 aliphatic heterocycles. The van der Waals surface area contributed by atoms with Crippen LogP contribution >= 0.6 is 24.0 Å². The second-order valence-electron chi connectivity index (χ2n) is 7.47. The van der Waals surface area contributed by atoms with Crippen LogP contribution in [0, 0.1) is 12.3 Å². The van der Waals surface area contributed by atoms with Crippen molar-refractivity contribution in [3.63, 3.8) is 0 Å². The molecule has 6 heteroatoms. The van der Waals surface area contributed by atoms with E-state index in [4.69, 9.17) is 4.74 Å². The second kappa shape index (κ2) is 8.17. The Morgan fingerprint density at radius 3 is 2.96 bits per heavy atom. The summed E-state index contributed by atoms with van der Waals surface area (Å²) in [5.74, 6) is 1.03. The molecule has 2 saturated heterocycles. The van der Waals surface area contributed by atoms with Gasteiger partial charge in [0, 0.05) is 55.3 Å². The minimum atomic E-state index is 0. The van der Waals surface area contributed by atoms with E-state index in [2.05, 4.69) is 51.4 Å². The minimum absolute atomic E-state index is 0. The second-order valence-corrected chi connectivity index (χ2v) is 7.47. The number of fused-ring (bicyclic) bond motifs is 1.